The minimum atomic E-state index is -0.164. The molecule has 1 aliphatic rings. The summed E-state index contributed by atoms with van der Waals surface area (Å²) < 4.78 is 5.67. The first-order chi connectivity index (χ1) is 9.11. The van der Waals surface area contributed by atoms with Crippen molar-refractivity contribution in [1.29, 1.82) is 0 Å². The van der Waals surface area contributed by atoms with Gasteiger partial charge >= 0.3 is 0 Å². The summed E-state index contributed by atoms with van der Waals surface area (Å²) in [6.45, 7) is 2.86. The molecular weight excluding hydrogens is 347 g/mol. The van der Waals surface area contributed by atoms with Gasteiger partial charge in [0, 0.05) is 6.04 Å². The fourth-order valence-corrected chi connectivity index (χ4v) is 2.10. The van der Waals surface area contributed by atoms with E-state index in [-0.39, 0.29) is 49.4 Å². The molecule has 0 spiro atoms. The number of benzene rings is 1. The highest BCUT2D eigenvalue weighted by Gasteiger charge is 2.19. The molecule has 0 aliphatic carbocycles. The van der Waals surface area contributed by atoms with Gasteiger partial charge in [0.05, 0.1) is 0 Å². The topological polar surface area (TPSA) is 85.7 Å². The predicted octanol–water partition coefficient (Wildman–Crippen LogP) is 2.72. The minimum absolute atomic E-state index is 0. The standard InChI is InChI=1S/C14H22N4O.3ClH/c1-9-14(16)18-12-8-10(5-6-13(12)19-9)11(15)4-3-7-17-2;;;/h5-6,8-9,11,17H,3-4,7,15H2,1-2H3,(H2,16,18);3*1H. The predicted molar refractivity (Wildman–Crippen MR) is 99.6 cm³/mol. The van der Waals surface area contributed by atoms with E-state index in [2.05, 4.69) is 10.3 Å². The zero-order valence-corrected chi connectivity index (χ0v) is 15.2. The molecule has 0 bridgehead atoms. The maximum absolute atomic E-state index is 6.18. The normalized spacial score (nSPS) is 16.7. The summed E-state index contributed by atoms with van der Waals surface area (Å²) in [4.78, 5) is 4.37. The van der Waals surface area contributed by atoms with E-state index in [1.165, 1.54) is 0 Å². The van der Waals surface area contributed by atoms with Gasteiger partial charge in [0.25, 0.3) is 0 Å². The van der Waals surface area contributed by atoms with Crippen molar-refractivity contribution in [3.05, 3.63) is 23.8 Å². The maximum Gasteiger partial charge on any atom is 0.153 e. The molecule has 2 rings (SSSR count). The van der Waals surface area contributed by atoms with Gasteiger partial charge in [0.1, 0.15) is 17.3 Å². The van der Waals surface area contributed by atoms with Gasteiger partial charge in [-0.1, -0.05) is 6.07 Å². The van der Waals surface area contributed by atoms with Crippen LogP contribution in [0.15, 0.2) is 23.2 Å². The molecule has 8 heteroatoms. The van der Waals surface area contributed by atoms with Crippen LogP contribution in [-0.4, -0.2) is 25.5 Å². The van der Waals surface area contributed by atoms with Crippen LogP contribution in [0, 0.1) is 0 Å². The molecule has 0 amide bonds. The largest absolute Gasteiger partial charge is 0.481 e. The summed E-state index contributed by atoms with van der Waals surface area (Å²) in [6, 6.07) is 5.93. The maximum atomic E-state index is 6.18. The van der Waals surface area contributed by atoms with Gasteiger partial charge in [-0.15, -0.1) is 37.2 Å². The quantitative estimate of drug-likeness (QED) is 0.695. The second kappa shape index (κ2) is 10.9. The molecule has 1 aromatic carbocycles. The molecule has 5 nitrogen and oxygen atoms in total. The number of ether oxygens (including phenoxy) is 1. The highest BCUT2D eigenvalue weighted by atomic mass is 35.5. The number of halogens is 3. The highest BCUT2D eigenvalue weighted by Crippen LogP contribution is 2.34. The van der Waals surface area contributed by atoms with E-state index in [1.54, 1.807) is 0 Å². The van der Waals surface area contributed by atoms with Crippen LogP contribution in [0.1, 0.15) is 31.4 Å². The van der Waals surface area contributed by atoms with E-state index in [0.717, 1.165) is 36.4 Å². The fraction of sp³-hybridized carbons (Fsp3) is 0.500. The first-order valence-corrected chi connectivity index (χ1v) is 6.66. The Labute approximate surface area is 150 Å². The summed E-state index contributed by atoms with van der Waals surface area (Å²) >= 11 is 0. The number of hydrogen-bond acceptors (Lipinski definition) is 5. The monoisotopic (exact) mass is 370 g/mol. The van der Waals surface area contributed by atoms with Crippen molar-refractivity contribution < 1.29 is 4.74 Å². The second-order valence-electron chi connectivity index (χ2n) is 4.88. The summed E-state index contributed by atoms with van der Waals surface area (Å²) in [7, 11) is 1.94. The average Bonchev–Trinajstić information content (AvgIpc) is 2.40. The fourth-order valence-electron chi connectivity index (χ4n) is 2.10. The molecule has 0 saturated heterocycles. The molecule has 0 aromatic heterocycles. The molecule has 128 valence electrons. The van der Waals surface area contributed by atoms with Crippen LogP contribution in [-0.2, 0) is 0 Å². The number of nitrogens with two attached hydrogens (primary N) is 2. The van der Waals surface area contributed by atoms with E-state index in [1.807, 2.05) is 32.2 Å². The number of nitrogens with zero attached hydrogens (tertiary/aromatic N) is 1. The second-order valence-corrected chi connectivity index (χ2v) is 4.88. The van der Waals surface area contributed by atoms with Crippen molar-refractivity contribution in [3.8, 4) is 5.75 Å². The Hall–Kier alpha value is -0.720. The van der Waals surface area contributed by atoms with Gasteiger partial charge < -0.3 is 21.5 Å². The van der Waals surface area contributed by atoms with Crippen molar-refractivity contribution in [2.24, 2.45) is 16.5 Å². The molecular formula is C14H25Cl3N4O. The average molecular weight is 372 g/mol. The third kappa shape index (κ3) is 5.82. The highest BCUT2D eigenvalue weighted by molar-refractivity contribution is 5.89. The Bertz CT molecular complexity index is 485. The number of amidine groups is 1. The van der Waals surface area contributed by atoms with Crippen molar-refractivity contribution in [2.45, 2.75) is 31.9 Å². The molecule has 2 unspecified atom stereocenters. The van der Waals surface area contributed by atoms with Crippen LogP contribution < -0.4 is 21.5 Å². The zero-order valence-electron chi connectivity index (χ0n) is 12.7. The Morgan fingerprint density at radius 3 is 2.64 bits per heavy atom. The zero-order chi connectivity index (χ0) is 13.8. The van der Waals surface area contributed by atoms with Gasteiger partial charge in [-0.25, -0.2) is 4.99 Å². The molecule has 0 saturated carbocycles. The summed E-state index contributed by atoms with van der Waals surface area (Å²) in [5.74, 6) is 1.28. The molecule has 0 radical (unpaired) electrons. The van der Waals surface area contributed by atoms with Crippen molar-refractivity contribution >= 4 is 48.7 Å². The van der Waals surface area contributed by atoms with E-state index in [0.29, 0.717) is 5.84 Å². The first kappa shape index (κ1) is 23.5. The number of aliphatic imine (C=N–C) groups is 1. The summed E-state index contributed by atoms with van der Waals surface area (Å²) in [6.07, 6.45) is 1.83. The Morgan fingerprint density at radius 2 is 2.00 bits per heavy atom. The van der Waals surface area contributed by atoms with Gasteiger partial charge in [0.15, 0.2) is 6.10 Å². The van der Waals surface area contributed by atoms with Crippen LogP contribution in [0.5, 0.6) is 5.75 Å². The lowest BCUT2D eigenvalue weighted by Gasteiger charge is -2.22. The van der Waals surface area contributed by atoms with Gasteiger partial charge in [-0.3, -0.25) is 0 Å². The summed E-state index contributed by atoms with van der Waals surface area (Å²) in [5.41, 5.74) is 13.8. The summed E-state index contributed by atoms with van der Waals surface area (Å²) in [5, 5.41) is 3.12. The minimum Gasteiger partial charge on any atom is -0.481 e. The van der Waals surface area contributed by atoms with Crippen LogP contribution in [0.25, 0.3) is 0 Å². The van der Waals surface area contributed by atoms with E-state index < -0.39 is 0 Å². The van der Waals surface area contributed by atoms with Gasteiger partial charge in [0.2, 0.25) is 0 Å². The van der Waals surface area contributed by atoms with Crippen LogP contribution in [0.3, 0.4) is 0 Å². The molecule has 2 atom stereocenters. The number of rotatable bonds is 5. The molecule has 22 heavy (non-hydrogen) atoms. The first-order valence-electron chi connectivity index (χ1n) is 6.66. The SMILES string of the molecule is CNCCCC(N)c1ccc2c(c1)N=C(N)C(C)O2.Cl.Cl.Cl. The third-order valence-electron chi connectivity index (χ3n) is 3.32. The smallest absolute Gasteiger partial charge is 0.153 e. The Morgan fingerprint density at radius 1 is 1.32 bits per heavy atom. The van der Waals surface area contributed by atoms with Crippen LogP contribution in [0.4, 0.5) is 5.69 Å². The molecule has 1 heterocycles. The number of hydrogen-bond donors (Lipinski definition) is 3. The molecule has 1 aromatic rings. The van der Waals surface area contributed by atoms with Gasteiger partial charge in [-0.05, 0) is 51.1 Å². The van der Waals surface area contributed by atoms with E-state index >= 15 is 0 Å². The number of fused-ring (bicyclic) bond motifs is 1. The van der Waals surface area contributed by atoms with Gasteiger partial charge in [-0.2, -0.15) is 0 Å². The Kier molecular flexibility index (Phi) is 11.7. The van der Waals surface area contributed by atoms with Crippen molar-refractivity contribution in [3.63, 3.8) is 0 Å². The van der Waals surface area contributed by atoms with Crippen LogP contribution >= 0.6 is 37.2 Å². The van der Waals surface area contributed by atoms with Crippen molar-refractivity contribution in [2.75, 3.05) is 13.6 Å². The van der Waals surface area contributed by atoms with E-state index in [9.17, 15) is 0 Å². The molecule has 5 N–H and O–H groups in total. The van der Waals surface area contributed by atoms with Crippen LogP contribution in [0.2, 0.25) is 0 Å². The molecule has 1 aliphatic heterocycles. The van der Waals surface area contributed by atoms with Crippen molar-refractivity contribution in [1.82, 2.24) is 5.32 Å². The lowest BCUT2D eigenvalue weighted by molar-refractivity contribution is 0.281. The lowest BCUT2D eigenvalue weighted by atomic mass is 10.0. The van der Waals surface area contributed by atoms with E-state index in [4.69, 9.17) is 16.2 Å². The number of nitrogens with one attached hydrogen (secondary N) is 1. The Balaban J connectivity index is 0. The molecule has 0 fully saturated rings. The lowest BCUT2D eigenvalue weighted by Crippen LogP contribution is -2.33. The third-order valence-corrected chi connectivity index (χ3v) is 3.32.